The van der Waals surface area contributed by atoms with Crippen molar-refractivity contribution in [2.45, 2.75) is 78.3 Å². The smallest absolute Gasteiger partial charge is 0.234 e. The van der Waals surface area contributed by atoms with E-state index < -0.39 is 0 Å². The van der Waals surface area contributed by atoms with Crippen molar-refractivity contribution in [1.82, 2.24) is 15.5 Å². The van der Waals surface area contributed by atoms with Crippen molar-refractivity contribution < 1.29 is 9.59 Å². The summed E-state index contributed by atoms with van der Waals surface area (Å²) in [6.07, 6.45) is 6.72. The average molecular weight is 338 g/mol. The summed E-state index contributed by atoms with van der Waals surface area (Å²) in [4.78, 5) is 26.6. The number of likely N-dealkylation sites (tertiary alicyclic amines) is 1. The molecule has 5 heteroatoms. The molecule has 0 aromatic heterocycles. The summed E-state index contributed by atoms with van der Waals surface area (Å²) in [7, 11) is 0. The Morgan fingerprint density at radius 1 is 1.00 bits per heavy atom. The third kappa shape index (κ3) is 5.76. The lowest BCUT2D eigenvalue weighted by atomic mass is 9.86. The van der Waals surface area contributed by atoms with Crippen molar-refractivity contribution in [1.29, 1.82) is 0 Å². The average Bonchev–Trinajstić information content (AvgIpc) is 2.50. The van der Waals surface area contributed by atoms with E-state index in [1.54, 1.807) is 0 Å². The number of hydrogen-bond acceptors (Lipinski definition) is 3. The Morgan fingerprint density at radius 2 is 1.62 bits per heavy atom. The Labute approximate surface area is 146 Å². The molecule has 0 spiro atoms. The summed E-state index contributed by atoms with van der Waals surface area (Å²) in [5.74, 6) is 0.872. The molecule has 2 fully saturated rings. The quantitative estimate of drug-likeness (QED) is 0.827. The molecule has 5 nitrogen and oxygen atoms in total. The third-order valence-electron chi connectivity index (χ3n) is 5.43. The predicted octanol–water partition coefficient (Wildman–Crippen LogP) is 2.31. The molecule has 2 N–H and O–H groups in total. The summed E-state index contributed by atoms with van der Waals surface area (Å²) in [5.41, 5.74) is -0.340. The standard InChI is InChI=1S/C19H35N3O2/c1-14-7-5-6-8-16(14)21-17(23)13-22-11-9-15(10-12-22)20-18(24)19(2,3)4/h14-16H,5-13H2,1-4H3,(H,20,24)(H,21,23)/t14-,16+/m0/s1. The monoisotopic (exact) mass is 337 g/mol. The maximum atomic E-state index is 12.3. The van der Waals surface area contributed by atoms with Crippen LogP contribution in [0.1, 0.15) is 66.2 Å². The molecule has 138 valence electrons. The van der Waals surface area contributed by atoms with Crippen LogP contribution >= 0.6 is 0 Å². The zero-order valence-electron chi connectivity index (χ0n) is 15.9. The first-order chi connectivity index (χ1) is 11.3. The highest BCUT2D eigenvalue weighted by Gasteiger charge is 2.28. The molecule has 1 saturated heterocycles. The van der Waals surface area contributed by atoms with E-state index in [-0.39, 0.29) is 23.3 Å². The van der Waals surface area contributed by atoms with E-state index in [9.17, 15) is 9.59 Å². The number of piperidine rings is 1. The fourth-order valence-electron chi connectivity index (χ4n) is 3.62. The first-order valence-electron chi connectivity index (χ1n) is 9.58. The summed E-state index contributed by atoms with van der Waals surface area (Å²) >= 11 is 0. The maximum absolute atomic E-state index is 12.3. The van der Waals surface area contributed by atoms with E-state index in [1.165, 1.54) is 19.3 Å². The van der Waals surface area contributed by atoms with Gasteiger partial charge in [-0.15, -0.1) is 0 Å². The molecule has 2 atom stereocenters. The van der Waals surface area contributed by atoms with Gasteiger partial charge in [-0.2, -0.15) is 0 Å². The lowest BCUT2D eigenvalue weighted by Gasteiger charge is -2.34. The van der Waals surface area contributed by atoms with Gasteiger partial charge in [-0.1, -0.05) is 40.5 Å². The molecule has 0 aromatic carbocycles. The van der Waals surface area contributed by atoms with Gasteiger partial charge in [0, 0.05) is 30.6 Å². The maximum Gasteiger partial charge on any atom is 0.234 e. The lowest BCUT2D eigenvalue weighted by molar-refractivity contribution is -0.130. The highest BCUT2D eigenvalue weighted by atomic mass is 16.2. The Kier molecular flexibility index (Phi) is 6.67. The molecule has 24 heavy (non-hydrogen) atoms. The van der Waals surface area contributed by atoms with Gasteiger partial charge >= 0.3 is 0 Å². The second-order valence-corrected chi connectivity index (χ2v) is 8.71. The second-order valence-electron chi connectivity index (χ2n) is 8.71. The van der Waals surface area contributed by atoms with Crippen LogP contribution in [0.2, 0.25) is 0 Å². The zero-order chi connectivity index (χ0) is 17.7. The van der Waals surface area contributed by atoms with Crippen molar-refractivity contribution in [2.75, 3.05) is 19.6 Å². The topological polar surface area (TPSA) is 61.4 Å². The summed E-state index contributed by atoms with van der Waals surface area (Å²) in [6, 6.07) is 0.601. The number of carbonyl (C=O) groups is 2. The van der Waals surface area contributed by atoms with Gasteiger partial charge in [0.25, 0.3) is 0 Å². The molecule has 2 amide bonds. The summed E-state index contributed by atoms with van der Waals surface area (Å²) in [6.45, 7) is 10.3. The molecule has 0 radical (unpaired) electrons. The first-order valence-corrected chi connectivity index (χ1v) is 9.58. The van der Waals surface area contributed by atoms with Crippen molar-refractivity contribution in [3.05, 3.63) is 0 Å². The Hall–Kier alpha value is -1.10. The number of amides is 2. The van der Waals surface area contributed by atoms with Gasteiger partial charge < -0.3 is 10.6 Å². The van der Waals surface area contributed by atoms with Crippen molar-refractivity contribution in [3.8, 4) is 0 Å². The molecule has 1 aliphatic heterocycles. The van der Waals surface area contributed by atoms with Crippen LogP contribution in [0.4, 0.5) is 0 Å². The number of hydrogen-bond donors (Lipinski definition) is 2. The van der Waals surface area contributed by atoms with Gasteiger partial charge in [-0.05, 0) is 31.6 Å². The molecule has 0 unspecified atom stereocenters. The SMILES string of the molecule is C[C@H]1CCCC[C@H]1NC(=O)CN1CCC(NC(=O)C(C)(C)C)CC1. The van der Waals surface area contributed by atoms with Crippen LogP contribution in [0.3, 0.4) is 0 Å². The fraction of sp³-hybridized carbons (Fsp3) is 0.895. The van der Waals surface area contributed by atoms with Crippen LogP contribution in [-0.2, 0) is 9.59 Å². The number of rotatable bonds is 4. The van der Waals surface area contributed by atoms with E-state index in [1.807, 2.05) is 20.8 Å². The van der Waals surface area contributed by atoms with E-state index in [2.05, 4.69) is 22.5 Å². The summed E-state index contributed by atoms with van der Waals surface area (Å²) < 4.78 is 0. The second kappa shape index (κ2) is 8.32. The third-order valence-corrected chi connectivity index (χ3v) is 5.43. The fourth-order valence-corrected chi connectivity index (χ4v) is 3.62. The first kappa shape index (κ1) is 19.2. The molecular formula is C19H35N3O2. The Balaban J connectivity index is 1.69. The van der Waals surface area contributed by atoms with Gasteiger partial charge in [0.1, 0.15) is 0 Å². The van der Waals surface area contributed by atoms with Crippen LogP contribution in [0.15, 0.2) is 0 Å². The molecular weight excluding hydrogens is 302 g/mol. The van der Waals surface area contributed by atoms with Crippen molar-refractivity contribution in [2.24, 2.45) is 11.3 Å². The van der Waals surface area contributed by atoms with E-state index in [0.717, 1.165) is 32.4 Å². The molecule has 1 aliphatic carbocycles. The van der Waals surface area contributed by atoms with Gasteiger partial charge in [0.05, 0.1) is 6.54 Å². The van der Waals surface area contributed by atoms with Crippen LogP contribution in [0.25, 0.3) is 0 Å². The van der Waals surface area contributed by atoms with Gasteiger partial charge in [-0.3, -0.25) is 14.5 Å². The van der Waals surface area contributed by atoms with Gasteiger partial charge in [0.2, 0.25) is 11.8 Å². The summed E-state index contributed by atoms with van der Waals surface area (Å²) in [5, 5.41) is 6.37. The highest BCUT2D eigenvalue weighted by Crippen LogP contribution is 2.23. The van der Waals surface area contributed by atoms with Crippen LogP contribution in [-0.4, -0.2) is 48.4 Å². The van der Waals surface area contributed by atoms with E-state index >= 15 is 0 Å². The van der Waals surface area contributed by atoms with Crippen LogP contribution < -0.4 is 10.6 Å². The van der Waals surface area contributed by atoms with Gasteiger partial charge in [-0.25, -0.2) is 0 Å². The van der Waals surface area contributed by atoms with E-state index in [4.69, 9.17) is 0 Å². The lowest BCUT2D eigenvalue weighted by Crippen LogP contribution is -2.50. The van der Waals surface area contributed by atoms with E-state index in [0.29, 0.717) is 18.5 Å². The minimum Gasteiger partial charge on any atom is -0.353 e. The molecule has 2 rings (SSSR count). The Bertz CT molecular complexity index is 436. The highest BCUT2D eigenvalue weighted by molar-refractivity contribution is 5.81. The van der Waals surface area contributed by atoms with Crippen LogP contribution in [0, 0.1) is 11.3 Å². The minimum atomic E-state index is -0.340. The zero-order valence-corrected chi connectivity index (χ0v) is 15.9. The van der Waals surface area contributed by atoms with Crippen molar-refractivity contribution in [3.63, 3.8) is 0 Å². The molecule has 2 aliphatic rings. The Morgan fingerprint density at radius 3 is 2.21 bits per heavy atom. The largest absolute Gasteiger partial charge is 0.353 e. The molecule has 1 heterocycles. The predicted molar refractivity (Wildman–Crippen MR) is 96.6 cm³/mol. The number of nitrogens with zero attached hydrogens (tertiary/aromatic N) is 1. The number of nitrogens with one attached hydrogen (secondary N) is 2. The van der Waals surface area contributed by atoms with Crippen molar-refractivity contribution >= 4 is 11.8 Å². The van der Waals surface area contributed by atoms with Gasteiger partial charge in [0.15, 0.2) is 0 Å². The molecule has 1 saturated carbocycles. The normalized spacial score (nSPS) is 26.8. The van der Waals surface area contributed by atoms with Crippen LogP contribution in [0.5, 0.6) is 0 Å². The minimum absolute atomic E-state index is 0.116. The number of carbonyl (C=O) groups excluding carboxylic acids is 2. The molecule has 0 aromatic rings. The molecule has 0 bridgehead atoms.